The molecule has 4 amide bonds. The number of urea groups is 1. The van der Waals surface area contributed by atoms with Crippen molar-refractivity contribution in [1.82, 2.24) is 40.2 Å². The molecule has 7 rings (SSSR count). The van der Waals surface area contributed by atoms with E-state index in [-0.39, 0.29) is 57.7 Å². The Bertz CT molecular complexity index is 1760. The fourth-order valence-electron chi connectivity index (χ4n) is 6.45. The van der Waals surface area contributed by atoms with Crippen LogP contribution in [-0.4, -0.2) is 86.3 Å². The van der Waals surface area contributed by atoms with E-state index < -0.39 is 47.6 Å². The normalized spacial score (nSPS) is 25.8. The molecule has 4 heterocycles. The fourth-order valence-corrected chi connectivity index (χ4v) is 6.71. The summed E-state index contributed by atoms with van der Waals surface area (Å²) >= 11 is 6.38. The molecular formula is C29H29ClF5N9O3. The number of carbonyl (C=O) groups is 3. The number of imidazole rings is 1. The molecule has 12 nitrogen and oxygen atoms in total. The van der Waals surface area contributed by atoms with Crippen molar-refractivity contribution in [3.8, 4) is 11.3 Å². The number of nitrogens with one attached hydrogen (secondary N) is 4. The largest absolute Gasteiger partial charge is 0.435 e. The van der Waals surface area contributed by atoms with E-state index in [0.29, 0.717) is 17.8 Å². The van der Waals surface area contributed by atoms with Crippen LogP contribution in [0.4, 0.5) is 32.4 Å². The highest BCUT2D eigenvalue weighted by atomic mass is 35.5. The molecule has 1 aromatic carbocycles. The number of alkyl halides is 5. The van der Waals surface area contributed by atoms with E-state index >= 15 is 0 Å². The topological polar surface area (TPSA) is 138 Å². The van der Waals surface area contributed by atoms with E-state index in [4.69, 9.17) is 11.6 Å². The average molecular weight is 682 g/mol. The number of halogens is 6. The Kier molecular flexibility index (Phi) is 7.46. The third-order valence-corrected chi connectivity index (χ3v) is 9.53. The zero-order chi connectivity index (χ0) is 33.4. The molecule has 18 heteroatoms. The first kappa shape index (κ1) is 31.4. The summed E-state index contributed by atoms with van der Waals surface area (Å²) in [5.74, 6) is -4.29. The number of aromatic nitrogens is 4. The van der Waals surface area contributed by atoms with Crippen LogP contribution < -0.4 is 21.3 Å². The fraction of sp³-hybridized carbons (Fsp3) is 0.483. The Hall–Kier alpha value is -4.25. The van der Waals surface area contributed by atoms with E-state index in [9.17, 15) is 36.3 Å². The van der Waals surface area contributed by atoms with Gasteiger partial charge < -0.3 is 30.7 Å². The Morgan fingerprint density at radius 3 is 2.45 bits per heavy atom. The molecular weight excluding hydrogens is 653 g/mol. The summed E-state index contributed by atoms with van der Waals surface area (Å²) in [6, 6.07) is 2.71. The molecule has 0 spiro atoms. The summed E-state index contributed by atoms with van der Waals surface area (Å²) in [7, 11) is 1.31. The first-order valence-electron chi connectivity index (χ1n) is 15.0. The van der Waals surface area contributed by atoms with Gasteiger partial charge in [-0.05, 0) is 31.2 Å². The van der Waals surface area contributed by atoms with Crippen LogP contribution in [0.3, 0.4) is 0 Å². The molecule has 2 saturated heterocycles. The van der Waals surface area contributed by atoms with Crippen LogP contribution in [0.25, 0.3) is 11.3 Å². The average Bonchev–Trinajstić information content (AvgIpc) is 3.48. The maximum Gasteiger partial charge on any atom is 0.435 e. The van der Waals surface area contributed by atoms with Gasteiger partial charge in [0.2, 0.25) is 0 Å². The molecule has 3 unspecified atom stereocenters. The lowest BCUT2D eigenvalue weighted by Crippen LogP contribution is -2.46. The van der Waals surface area contributed by atoms with Crippen molar-refractivity contribution >= 4 is 35.1 Å². The molecule has 2 aliphatic carbocycles. The number of hydrogen-bond acceptors (Lipinski definition) is 6. The van der Waals surface area contributed by atoms with Crippen molar-refractivity contribution in [1.29, 1.82) is 0 Å². The molecule has 2 saturated carbocycles. The summed E-state index contributed by atoms with van der Waals surface area (Å²) in [4.78, 5) is 44.3. The third-order valence-electron chi connectivity index (χ3n) is 9.22. The smallest absolute Gasteiger partial charge is 0.349 e. The minimum atomic E-state index is -4.94. The second-order valence-electron chi connectivity index (χ2n) is 12.4. The zero-order valence-corrected chi connectivity index (χ0v) is 25.5. The van der Waals surface area contributed by atoms with Gasteiger partial charge in [0.25, 0.3) is 17.7 Å². The Labute approximate surface area is 269 Å². The van der Waals surface area contributed by atoms with Gasteiger partial charge in [-0.2, -0.15) is 18.3 Å². The molecule has 4 N–H and O–H groups in total. The summed E-state index contributed by atoms with van der Waals surface area (Å²) in [5, 5.41) is 15.2. The van der Waals surface area contributed by atoms with Crippen molar-refractivity contribution in [3.63, 3.8) is 0 Å². The van der Waals surface area contributed by atoms with Gasteiger partial charge in [0.15, 0.2) is 11.5 Å². The maximum absolute atomic E-state index is 13.7. The summed E-state index contributed by atoms with van der Waals surface area (Å²) in [5.41, 5.74) is -1.64. The predicted molar refractivity (Wildman–Crippen MR) is 157 cm³/mol. The van der Waals surface area contributed by atoms with Gasteiger partial charge in [-0.1, -0.05) is 11.6 Å². The van der Waals surface area contributed by atoms with Crippen LogP contribution in [-0.2, 0) is 13.2 Å². The Balaban J connectivity index is 0.974. The van der Waals surface area contributed by atoms with Gasteiger partial charge in [0.1, 0.15) is 6.04 Å². The molecule has 4 fully saturated rings. The lowest BCUT2D eigenvalue weighted by molar-refractivity contribution is -0.141. The van der Waals surface area contributed by atoms with Gasteiger partial charge in [0.05, 0.1) is 28.0 Å². The highest BCUT2D eigenvalue weighted by molar-refractivity contribution is 6.34. The third kappa shape index (κ3) is 5.90. The van der Waals surface area contributed by atoms with E-state index in [1.807, 2.05) is 0 Å². The number of nitrogens with zero attached hydrogens (tertiary/aromatic N) is 5. The predicted octanol–water partition coefficient (Wildman–Crippen LogP) is 3.52. The molecule has 5 atom stereocenters. The maximum atomic E-state index is 13.7. The Morgan fingerprint density at radius 1 is 1.11 bits per heavy atom. The van der Waals surface area contributed by atoms with Crippen molar-refractivity contribution in [2.45, 2.75) is 43.1 Å². The van der Waals surface area contributed by atoms with Crippen LogP contribution in [0.15, 0.2) is 30.6 Å². The Morgan fingerprint density at radius 2 is 1.83 bits per heavy atom. The first-order chi connectivity index (χ1) is 22.2. The van der Waals surface area contributed by atoms with Crippen molar-refractivity contribution in [2.24, 2.45) is 18.9 Å². The molecule has 2 aliphatic heterocycles. The number of hydrogen-bond donors (Lipinski definition) is 4. The molecule has 250 valence electrons. The molecule has 47 heavy (non-hydrogen) atoms. The minimum absolute atomic E-state index is 0.0527. The number of benzene rings is 1. The van der Waals surface area contributed by atoms with Crippen molar-refractivity contribution < 1.29 is 36.3 Å². The van der Waals surface area contributed by atoms with Crippen LogP contribution in [0.5, 0.6) is 0 Å². The summed E-state index contributed by atoms with van der Waals surface area (Å²) < 4.78 is 70.0. The highest BCUT2D eigenvalue weighted by Gasteiger charge is 2.60. The summed E-state index contributed by atoms with van der Waals surface area (Å²) in [6.45, 7) is 2.73. The minimum Gasteiger partial charge on any atom is -0.349 e. The second-order valence-corrected chi connectivity index (χ2v) is 12.8. The number of piperidine rings is 1. The highest BCUT2D eigenvalue weighted by Crippen LogP contribution is 2.53. The van der Waals surface area contributed by atoms with Crippen LogP contribution in [0, 0.1) is 11.8 Å². The molecule has 0 radical (unpaired) electrons. The van der Waals surface area contributed by atoms with E-state index in [0.717, 1.165) is 36.5 Å². The number of rotatable bonds is 7. The van der Waals surface area contributed by atoms with Gasteiger partial charge in [0, 0.05) is 68.9 Å². The number of anilines is 1. The zero-order valence-electron chi connectivity index (χ0n) is 24.7. The van der Waals surface area contributed by atoms with Gasteiger partial charge in [-0.15, -0.1) is 0 Å². The van der Waals surface area contributed by atoms with E-state index in [1.54, 1.807) is 4.90 Å². The summed E-state index contributed by atoms with van der Waals surface area (Å²) in [6.07, 6.45) is -2.75. The van der Waals surface area contributed by atoms with E-state index in [2.05, 4.69) is 31.3 Å². The van der Waals surface area contributed by atoms with Gasteiger partial charge >= 0.3 is 12.2 Å². The first-order valence-corrected chi connectivity index (χ1v) is 15.3. The number of fused-ring (bicyclic) bond motifs is 1. The molecule has 0 bridgehead atoms. The number of carbonyl (C=O) groups excluding carboxylic acids is 3. The lowest BCUT2D eigenvalue weighted by Gasteiger charge is -2.23. The molecule has 3 aromatic rings. The number of amides is 4. The number of likely N-dealkylation sites (tertiary alicyclic amines) is 1. The molecule has 4 aliphatic rings. The lowest BCUT2D eigenvalue weighted by atomic mass is 10.2. The standard InChI is InChI=1S/C29H29ClF5N9O3/c1-42-20(18-12-44(21-7-28(21,31)32)41-23(18)29(33,34)35)9-37-24(42)26(46)38-13-2-3-15(19(30)6-13)25(45)40-22-16-10-43(11-17(16)22)27(47)39-14-4-5-36-8-14/h2-3,6,9,12,14,16-17,21-22,36H,4-5,7-8,10-11H2,1H3,(H,38,46)(H,39,47)(H,40,45)/t14?,16-,17+,21?,22?. The van der Waals surface area contributed by atoms with Crippen molar-refractivity contribution in [3.05, 3.63) is 52.7 Å². The van der Waals surface area contributed by atoms with Crippen LogP contribution in [0.1, 0.15) is 45.6 Å². The van der Waals surface area contributed by atoms with Gasteiger partial charge in [-0.3, -0.25) is 14.3 Å². The molecule has 2 aromatic heterocycles. The second kappa shape index (κ2) is 11.2. The van der Waals surface area contributed by atoms with Crippen molar-refractivity contribution in [2.75, 3.05) is 31.5 Å². The van der Waals surface area contributed by atoms with Crippen LogP contribution in [0.2, 0.25) is 5.02 Å². The van der Waals surface area contributed by atoms with Gasteiger partial charge in [-0.25, -0.2) is 18.6 Å². The SMILES string of the molecule is Cn1c(-c2cn(C3CC3(F)F)nc2C(F)(F)F)cnc1C(=O)Nc1ccc(C(=O)NC2[C@H]3CN(C(=O)NC4CCNC4)C[C@@H]23)c(Cl)c1. The van der Waals surface area contributed by atoms with E-state index in [1.165, 1.54) is 25.2 Å². The quantitative estimate of drug-likeness (QED) is 0.282. The van der Waals surface area contributed by atoms with Crippen LogP contribution >= 0.6 is 11.6 Å². The monoisotopic (exact) mass is 681 g/mol.